The van der Waals surface area contributed by atoms with Crippen LogP contribution < -0.4 is 5.32 Å². The van der Waals surface area contributed by atoms with Gasteiger partial charge in [-0.15, -0.1) is 10.2 Å². The Bertz CT molecular complexity index is 647. The van der Waals surface area contributed by atoms with E-state index in [2.05, 4.69) is 15.5 Å². The van der Waals surface area contributed by atoms with E-state index in [1.807, 2.05) is 0 Å². The second kappa shape index (κ2) is 5.35. The molecule has 2 N–H and O–H groups in total. The Morgan fingerprint density at radius 2 is 1.81 bits per heavy atom. The average molecular weight is 286 g/mol. The Labute approximate surface area is 120 Å². The van der Waals surface area contributed by atoms with Crippen LogP contribution in [0.1, 0.15) is 23.2 Å². The van der Waals surface area contributed by atoms with Crippen molar-refractivity contribution in [1.29, 1.82) is 0 Å². The standard InChI is InChI=1S/C14H14N4O3/c19-13(17-12(14(20)21)9-1-2-9)10-3-5-11(6-4-10)18-7-15-16-8-18/h3-9,12H,1-2H2,(H,17,19)(H,20,21). The van der Waals surface area contributed by atoms with Crippen molar-refractivity contribution < 1.29 is 14.7 Å². The first kappa shape index (κ1) is 13.3. The molecule has 0 spiro atoms. The highest BCUT2D eigenvalue weighted by molar-refractivity contribution is 5.96. The Hall–Kier alpha value is -2.70. The minimum atomic E-state index is -0.980. The van der Waals surface area contributed by atoms with Crippen LogP contribution in [0.15, 0.2) is 36.9 Å². The number of amides is 1. The van der Waals surface area contributed by atoms with Crippen LogP contribution >= 0.6 is 0 Å². The number of carbonyl (C=O) groups excluding carboxylic acids is 1. The molecule has 0 bridgehead atoms. The monoisotopic (exact) mass is 286 g/mol. The van der Waals surface area contributed by atoms with Crippen molar-refractivity contribution in [2.24, 2.45) is 5.92 Å². The van der Waals surface area contributed by atoms with Crippen molar-refractivity contribution in [2.75, 3.05) is 0 Å². The molecule has 2 aromatic rings. The molecule has 1 aromatic carbocycles. The molecule has 7 nitrogen and oxygen atoms in total. The van der Waals surface area contributed by atoms with Gasteiger partial charge in [0.05, 0.1) is 0 Å². The van der Waals surface area contributed by atoms with E-state index in [-0.39, 0.29) is 11.8 Å². The third kappa shape index (κ3) is 2.91. The molecule has 0 aliphatic heterocycles. The Balaban J connectivity index is 1.71. The van der Waals surface area contributed by atoms with E-state index >= 15 is 0 Å². The van der Waals surface area contributed by atoms with Crippen LogP contribution in [0.25, 0.3) is 5.69 Å². The lowest BCUT2D eigenvalue weighted by Gasteiger charge is -2.13. The summed E-state index contributed by atoms with van der Waals surface area (Å²) in [7, 11) is 0. The number of hydrogen-bond donors (Lipinski definition) is 2. The molecule has 21 heavy (non-hydrogen) atoms. The Morgan fingerprint density at radius 3 is 2.33 bits per heavy atom. The Kier molecular flexibility index (Phi) is 3.39. The fourth-order valence-electron chi connectivity index (χ4n) is 2.15. The third-order valence-corrected chi connectivity index (χ3v) is 3.49. The smallest absolute Gasteiger partial charge is 0.326 e. The van der Waals surface area contributed by atoms with Crippen molar-refractivity contribution in [1.82, 2.24) is 20.1 Å². The number of hydrogen-bond acceptors (Lipinski definition) is 4. The van der Waals surface area contributed by atoms with Gasteiger partial charge in [-0.2, -0.15) is 0 Å². The van der Waals surface area contributed by atoms with E-state index in [0.717, 1.165) is 18.5 Å². The normalized spacial score (nSPS) is 15.4. The van der Waals surface area contributed by atoms with Gasteiger partial charge in [0.15, 0.2) is 0 Å². The zero-order chi connectivity index (χ0) is 14.8. The summed E-state index contributed by atoms with van der Waals surface area (Å²) >= 11 is 0. The fourth-order valence-corrected chi connectivity index (χ4v) is 2.15. The van der Waals surface area contributed by atoms with E-state index in [9.17, 15) is 9.59 Å². The molecule has 1 unspecified atom stereocenters. The molecule has 0 radical (unpaired) electrons. The lowest BCUT2D eigenvalue weighted by Crippen LogP contribution is -2.42. The summed E-state index contributed by atoms with van der Waals surface area (Å²) < 4.78 is 1.71. The van der Waals surface area contributed by atoms with Crippen LogP contribution in [0.2, 0.25) is 0 Å². The molecule has 1 saturated carbocycles. The molecular formula is C14H14N4O3. The molecule has 3 rings (SSSR count). The number of carboxylic acids is 1. The summed E-state index contributed by atoms with van der Waals surface area (Å²) in [5, 5.41) is 19.1. The summed E-state index contributed by atoms with van der Waals surface area (Å²) in [5.74, 6) is -1.29. The number of benzene rings is 1. The number of nitrogens with zero attached hydrogens (tertiary/aromatic N) is 3. The molecule has 1 amide bonds. The number of carboxylic acid groups (broad SMARTS) is 1. The quantitative estimate of drug-likeness (QED) is 0.849. The highest BCUT2D eigenvalue weighted by atomic mass is 16.4. The molecule has 1 aromatic heterocycles. The predicted octanol–water partition coefficient (Wildman–Crippen LogP) is 0.860. The van der Waals surface area contributed by atoms with E-state index in [0.29, 0.717) is 5.56 Å². The minimum absolute atomic E-state index is 0.0581. The topological polar surface area (TPSA) is 97.1 Å². The number of rotatable bonds is 5. The maximum atomic E-state index is 12.1. The molecule has 1 fully saturated rings. The molecule has 1 aliphatic carbocycles. The van der Waals surface area contributed by atoms with Gasteiger partial charge in [-0.1, -0.05) is 0 Å². The first-order valence-electron chi connectivity index (χ1n) is 6.64. The first-order chi connectivity index (χ1) is 10.1. The van der Waals surface area contributed by atoms with Crippen molar-refractivity contribution in [3.05, 3.63) is 42.5 Å². The second-order valence-corrected chi connectivity index (χ2v) is 5.04. The summed E-state index contributed by atoms with van der Waals surface area (Å²) in [6, 6.07) is 6.01. The van der Waals surface area contributed by atoms with Gasteiger partial charge in [0, 0.05) is 11.3 Å². The number of carbonyl (C=O) groups is 2. The fraction of sp³-hybridized carbons (Fsp3) is 0.286. The zero-order valence-electron chi connectivity index (χ0n) is 11.1. The summed E-state index contributed by atoms with van der Waals surface area (Å²) in [5.41, 5.74) is 1.26. The van der Waals surface area contributed by atoms with Crippen LogP contribution in [0, 0.1) is 5.92 Å². The molecule has 1 aliphatic rings. The molecule has 1 atom stereocenters. The molecular weight excluding hydrogens is 272 g/mol. The van der Waals surface area contributed by atoms with Gasteiger partial charge < -0.3 is 10.4 Å². The van der Waals surface area contributed by atoms with Gasteiger partial charge in [0.2, 0.25) is 0 Å². The molecule has 1 heterocycles. The van der Waals surface area contributed by atoms with Crippen molar-refractivity contribution >= 4 is 11.9 Å². The number of aliphatic carboxylic acids is 1. The number of aromatic nitrogens is 3. The summed E-state index contributed by atoms with van der Waals surface area (Å²) in [6.07, 6.45) is 4.82. The predicted molar refractivity (Wildman–Crippen MR) is 73.0 cm³/mol. The largest absolute Gasteiger partial charge is 0.480 e. The van der Waals surface area contributed by atoms with Crippen LogP contribution in [0.3, 0.4) is 0 Å². The second-order valence-electron chi connectivity index (χ2n) is 5.04. The van der Waals surface area contributed by atoms with E-state index in [1.165, 1.54) is 0 Å². The molecule has 0 saturated heterocycles. The first-order valence-corrected chi connectivity index (χ1v) is 6.64. The summed E-state index contributed by atoms with van der Waals surface area (Å²) in [4.78, 5) is 23.2. The SMILES string of the molecule is O=C(NC(C(=O)O)C1CC1)c1ccc(-n2cnnc2)cc1. The van der Waals surface area contributed by atoms with E-state index in [4.69, 9.17) is 5.11 Å². The summed E-state index contributed by atoms with van der Waals surface area (Å²) in [6.45, 7) is 0. The van der Waals surface area contributed by atoms with Crippen molar-refractivity contribution in [2.45, 2.75) is 18.9 Å². The van der Waals surface area contributed by atoms with Crippen LogP contribution in [-0.2, 0) is 4.79 Å². The third-order valence-electron chi connectivity index (χ3n) is 3.49. The van der Waals surface area contributed by atoms with Crippen LogP contribution in [-0.4, -0.2) is 37.8 Å². The number of nitrogens with one attached hydrogen (secondary N) is 1. The average Bonchev–Trinajstić information content (AvgIpc) is 3.17. The van der Waals surface area contributed by atoms with Crippen molar-refractivity contribution in [3.8, 4) is 5.69 Å². The van der Waals surface area contributed by atoms with Crippen LogP contribution in [0.4, 0.5) is 0 Å². The lowest BCUT2D eigenvalue weighted by molar-refractivity contribution is -0.139. The highest BCUT2D eigenvalue weighted by Gasteiger charge is 2.37. The van der Waals surface area contributed by atoms with Gasteiger partial charge in [-0.25, -0.2) is 4.79 Å². The Morgan fingerprint density at radius 1 is 1.19 bits per heavy atom. The highest BCUT2D eigenvalue weighted by Crippen LogP contribution is 2.32. The van der Waals surface area contributed by atoms with Gasteiger partial charge in [-0.3, -0.25) is 9.36 Å². The van der Waals surface area contributed by atoms with Gasteiger partial charge in [0.25, 0.3) is 5.91 Å². The van der Waals surface area contributed by atoms with E-state index in [1.54, 1.807) is 41.5 Å². The van der Waals surface area contributed by atoms with Gasteiger partial charge in [-0.05, 0) is 43.0 Å². The van der Waals surface area contributed by atoms with Gasteiger partial charge >= 0.3 is 5.97 Å². The van der Waals surface area contributed by atoms with Gasteiger partial charge in [0.1, 0.15) is 18.7 Å². The van der Waals surface area contributed by atoms with Crippen LogP contribution in [0.5, 0.6) is 0 Å². The molecule has 7 heteroatoms. The van der Waals surface area contributed by atoms with E-state index < -0.39 is 12.0 Å². The maximum absolute atomic E-state index is 12.1. The van der Waals surface area contributed by atoms with Crippen molar-refractivity contribution in [3.63, 3.8) is 0 Å². The lowest BCUT2D eigenvalue weighted by atomic mass is 10.1. The maximum Gasteiger partial charge on any atom is 0.326 e. The molecule has 108 valence electrons. The zero-order valence-corrected chi connectivity index (χ0v) is 11.1. The minimum Gasteiger partial charge on any atom is -0.480 e.